The molecule has 1 aliphatic heterocycles. The van der Waals surface area contributed by atoms with E-state index < -0.39 is 0 Å². The number of pyridine rings is 2. The largest absolute Gasteiger partial charge is 0.507 e. The van der Waals surface area contributed by atoms with Gasteiger partial charge in [0.1, 0.15) is 17.1 Å². The van der Waals surface area contributed by atoms with Crippen LogP contribution >= 0.6 is 0 Å². The smallest absolute Gasteiger partial charge is 0.254 e. The molecule has 3 aromatic heterocycles. The maximum absolute atomic E-state index is 13.0. The predicted octanol–water partition coefficient (Wildman–Crippen LogP) is 5.08. The number of nitriles is 1. The first kappa shape index (κ1) is 30.3. The van der Waals surface area contributed by atoms with E-state index in [4.69, 9.17) is 15.7 Å². The molecule has 6 aromatic rings. The van der Waals surface area contributed by atoms with E-state index >= 15 is 0 Å². The number of nitrogens with two attached hydrogens (primary N) is 1. The number of phenolic OH excluding ortho intramolecular Hbond substituents is 1. The van der Waals surface area contributed by atoms with Gasteiger partial charge in [-0.2, -0.15) is 5.26 Å². The summed E-state index contributed by atoms with van der Waals surface area (Å²) in [4.78, 5) is 42.3. The molecule has 48 heavy (non-hydrogen) atoms. The molecule has 0 radical (unpaired) electrons. The Morgan fingerprint density at radius 2 is 1.71 bits per heavy atom. The topological polar surface area (TPSA) is 154 Å². The predicted molar refractivity (Wildman–Crippen MR) is 181 cm³/mol. The number of fused-ring (bicyclic) bond motifs is 1. The molecule has 0 unspecified atom stereocenters. The van der Waals surface area contributed by atoms with Gasteiger partial charge in [-0.1, -0.05) is 24.3 Å². The number of anilines is 1. The van der Waals surface area contributed by atoms with Crippen LogP contribution in [0.4, 0.5) is 5.82 Å². The van der Waals surface area contributed by atoms with Gasteiger partial charge in [0.15, 0.2) is 17.8 Å². The number of carbonyl (C=O) groups is 2. The lowest BCUT2D eigenvalue weighted by atomic mass is 10.1. The normalized spacial score (nSPS) is 13.4. The fraction of sp³-hybridized carbons (Fsp3) is 0.135. The maximum atomic E-state index is 13.0. The first-order chi connectivity index (χ1) is 23.4. The van der Waals surface area contributed by atoms with Gasteiger partial charge in [-0.15, -0.1) is 0 Å². The van der Waals surface area contributed by atoms with Crippen molar-refractivity contribution in [3.63, 3.8) is 0 Å². The van der Waals surface area contributed by atoms with Crippen molar-refractivity contribution in [1.29, 1.82) is 5.26 Å². The van der Waals surface area contributed by atoms with Gasteiger partial charge in [0, 0.05) is 55.7 Å². The number of aldehydes is 1. The number of nitrogens with zero attached hydrogens (tertiary/aromatic N) is 7. The summed E-state index contributed by atoms with van der Waals surface area (Å²) in [7, 11) is 0. The molecule has 0 aliphatic carbocycles. The lowest BCUT2D eigenvalue weighted by Crippen LogP contribution is -2.48. The summed E-state index contributed by atoms with van der Waals surface area (Å²) >= 11 is 0. The van der Waals surface area contributed by atoms with Crippen LogP contribution in [0.15, 0.2) is 97.2 Å². The summed E-state index contributed by atoms with van der Waals surface area (Å²) in [6, 6.07) is 29.7. The maximum Gasteiger partial charge on any atom is 0.254 e. The second kappa shape index (κ2) is 12.8. The van der Waals surface area contributed by atoms with Crippen molar-refractivity contribution in [3.05, 3.63) is 119 Å². The van der Waals surface area contributed by atoms with E-state index in [9.17, 15) is 20.0 Å². The number of hydrogen-bond acceptors (Lipinski definition) is 9. The second-order valence-corrected chi connectivity index (χ2v) is 11.6. The van der Waals surface area contributed by atoms with Crippen molar-refractivity contribution >= 4 is 29.2 Å². The van der Waals surface area contributed by atoms with E-state index in [1.807, 2.05) is 53.1 Å². The molecule has 11 nitrogen and oxygen atoms in total. The Balaban J connectivity index is 1.13. The number of hydrogen-bond donors (Lipinski definition) is 2. The minimum absolute atomic E-state index is 0.158. The highest BCUT2D eigenvalue weighted by atomic mass is 16.3. The van der Waals surface area contributed by atoms with Crippen LogP contribution in [0, 0.1) is 11.3 Å². The number of rotatable bonds is 7. The standard InChI is InChI=1S/C37H30N8O3/c38-21-24-3-7-26(8-4-24)31-13-14-32-36(41-31)45(35(42-32)30-2-1-15-40-34(30)39)29-11-5-25(6-12-29)22-43-16-18-44(19-17-43)37(48)27-9-10-28(23-46)33(47)20-27/h1-15,20,23,47H,16-19,22H2,(H2,39,40). The highest BCUT2D eigenvalue weighted by molar-refractivity contribution is 5.96. The van der Waals surface area contributed by atoms with Crippen LogP contribution in [-0.2, 0) is 6.54 Å². The average Bonchev–Trinajstić information content (AvgIpc) is 3.50. The summed E-state index contributed by atoms with van der Waals surface area (Å²) in [6.07, 6.45) is 2.21. The van der Waals surface area contributed by atoms with Crippen molar-refractivity contribution in [2.75, 3.05) is 31.9 Å². The van der Waals surface area contributed by atoms with Crippen molar-refractivity contribution in [3.8, 4) is 40.2 Å². The third-order valence-electron chi connectivity index (χ3n) is 8.56. The van der Waals surface area contributed by atoms with Gasteiger partial charge in [-0.25, -0.2) is 15.0 Å². The molecule has 3 aromatic carbocycles. The first-order valence-corrected chi connectivity index (χ1v) is 15.4. The van der Waals surface area contributed by atoms with Gasteiger partial charge in [-0.05, 0) is 72.3 Å². The number of amides is 1. The van der Waals surface area contributed by atoms with Crippen LogP contribution in [0.3, 0.4) is 0 Å². The zero-order valence-corrected chi connectivity index (χ0v) is 25.8. The number of phenols is 1. The van der Waals surface area contributed by atoms with E-state index in [0.717, 1.165) is 22.5 Å². The number of carbonyl (C=O) groups excluding carboxylic acids is 2. The summed E-state index contributed by atoms with van der Waals surface area (Å²) in [5.41, 5.74) is 13.1. The van der Waals surface area contributed by atoms with Crippen molar-refractivity contribution < 1.29 is 14.7 Å². The third kappa shape index (κ3) is 5.84. The Labute approximate surface area is 276 Å². The number of imidazole rings is 1. The molecule has 0 saturated carbocycles. The van der Waals surface area contributed by atoms with Crippen molar-refractivity contribution in [2.24, 2.45) is 0 Å². The average molecular weight is 635 g/mol. The van der Waals surface area contributed by atoms with Gasteiger partial charge in [-0.3, -0.25) is 19.1 Å². The lowest BCUT2D eigenvalue weighted by molar-refractivity contribution is 0.0628. The van der Waals surface area contributed by atoms with E-state index in [0.29, 0.717) is 78.5 Å². The van der Waals surface area contributed by atoms with Crippen molar-refractivity contribution in [2.45, 2.75) is 6.54 Å². The highest BCUT2D eigenvalue weighted by Gasteiger charge is 2.23. The molecule has 1 aliphatic rings. The fourth-order valence-corrected chi connectivity index (χ4v) is 5.94. The van der Waals surface area contributed by atoms with Crippen LogP contribution < -0.4 is 5.73 Å². The van der Waals surface area contributed by atoms with Crippen molar-refractivity contribution in [1.82, 2.24) is 29.3 Å². The number of aromatic hydroxyl groups is 1. The Morgan fingerprint density at radius 3 is 2.40 bits per heavy atom. The SMILES string of the molecule is N#Cc1ccc(-c2ccc3nc(-c4cccnc4N)n(-c4ccc(CN5CCN(C(=O)c6ccc(C=O)c(O)c6)CC5)cc4)c3n2)cc1. The van der Waals surface area contributed by atoms with E-state index in [2.05, 4.69) is 28.1 Å². The first-order valence-electron chi connectivity index (χ1n) is 15.4. The van der Waals surface area contributed by atoms with Gasteiger partial charge >= 0.3 is 0 Å². The quantitative estimate of drug-likeness (QED) is 0.229. The van der Waals surface area contributed by atoms with Crippen LogP contribution in [-0.4, -0.2) is 72.8 Å². The zero-order valence-electron chi connectivity index (χ0n) is 25.8. The highest BCUT2D eigenvalue weighted by Crippen LogP contribution is 2.32. The van der Waals surface area contributed by atoms with Crippen LogP contribution in [0.5, 0.6) is 5.75 Å². The van der Waals surface area contributed by atoms with Gasteiger partial charge in [0.05, 0.1) is 28.5 Å². The zero-order chi connectivity index (χ0) is 33.2. The van der Waals surface area contributed by atoms with Crippen LogP contribution in [0.25, 0.3) is 39.5 Å². The Hall–Kier alpha value is -6.38. The Bertz CT molecular complexity index is 2200. The Kier molecular flexibility index (Phi) is 8.07. The van der Waals surface area contributed by atoms with Crippen LogP contribution in [0.2, 0.25) is 0 Å². The van der Waals surface area contributed by atoms with Crippen LogP contribution in [0.1, 0.15) is 31.8 Å². The molecule has 236 valence electrons. The van der Waals surface area contributed by atoms with E-state index in [-0.39, 0.29) is 17.2 Å². The molecule has 1 saturated heterocycles. The minimum atomic E-state index is -0.194. The summed E-state index contributed by atoms with van der Waals surface area (Å²) in [5, 5.41) is 19.2. The molecule has 0 bridgehead atoms. The molecule has 7 rings (SSSR count). The third-order valence-corrected chi connectivity index (χ3v) is 8.56. The molecule has 0 spiro atoms. The molecular weight excluding hydrogens is 604 g/mol. The summed E-state index contributed by atoms with van der Waals surface area (Å²) < 4.78 is 1.99. The minimum Gasteiger partial charge on any atom is -0.507 e. The second-order valence-electron chi connectivity index (χ2n) is 11.6. The summed E-state index contributed by atoms with van der Waals surface area (Å²) in [6.45, 7) is 3.22. The van der Waals surface area contributed by atoms with Gasteiger partial charge in [0.2, 0.25) is 0 Å². The molecular formula is C37H30N8O3. The molecule has 3 N–H and O–H groups in total. The van der Waals surface area contributed by atoms with E-state index in [1.54, 1.807) is 29.3 Å². The van der Waals surface area contributed by atoms with Gasteiger partial charge in [0.25, 0.3) is 5.91 Å². The monoisotopic (exact) mass is 634 g/mol. The number of aromatic nitrogens is 4. The van der Waals surface area contributed by atoms with E-state index in [1.165, 1.54) is 12.1 Å². The Morgan fingerprint density at radius 1 is 0.938 bits per heavy atom. The van der Waals surface area contributed by atoms with Gasteiger partial charge < -0.3 is 15.7 Å². The molecule has 0 atom stereocenters. The summed E-state index contributed by atoms with van der Waals surface area (Å²) in [5.74, 6) is 0.633. The number of piperazine rings is 1. The molecule has 4 heterocycles. The number of nitrogen functional groups attached to an aromatic ring is 1. The molecule has 1 fully saturated rings. The fourth-order valence-electron chi connectivity index (χ4n) is 5.94. The molecule has 1 amide bonds. The molecule has 11 heteroatoms. The lowest BCUT2D eigenvalue weighted by Gasteiger charge is -2.34. The number of benzene rings is 3.